The Kier molecular flexibility index (Phi) is 3.87. The van der Waals surface area contributed by atoms with Crippen LogP contribution >= 0.6 is 11.3 Å². The predicted octanol–water partition coefficient (Wildman–Crippen LogP) is 2.69. The van der Waals surface area contributed by atoms with E-state index in [0.717, 1.165) is 32.2 Å². The van der Waals surface area contributed by atoms with Crippen LogP contribution in [0.3, 0.4) is 0 Å². The maximum absolute atomic E-state index is 12.3. The van der Waals surface area contributed by atoms with Crippen LogP contribution in [0.5, 0.6) is 0 Å². The van der Waals surface area contributed by atoms with E-state index >= 15 is 0 Å². The molecule has 2 fully saturated rings. The molecule has 110 valence electrons. The van der Waals surface area contributed by atoms with E-state index in [-0.39, 0.29) is 11.8 Å². The van der Waals surface area contributed by atoms with Crippen LogP contribution in [-0.4, -0.2) is 34.6 Å². The number of likely N-dealkylation sites (tertiary alicyclic amines) is 1. The fourth-order valence-electron chi connectivity index (χ4n) is 3.35. The number of carbonyl (C=O) groups excluding carboxylic acids is 1. The number of nitrogens with zero attached hydrogens (tertiary/aromatic N) is 1. The minimum absolute atomic E-state index is 0.213. The average Bonchev–Trinajstić information content (AvgIpc) is 3.08. The van der Waals surface area contributed by atoms with Gasteiger partial charge in [0.25, 0.3) is 0 Å². The summed E-state index contributed by atoms with van der Waals surface area (Å²) in [5, 5.41) is 12.8. The third kappa shape index (κ3) is 2.77. The molecule has 1 amide bonds. The van der Waals surface area contributed by atoms with Gasteiger partial charge in [0.05, 0.1) is 5.60 Å². The number of rotatable bonds is 5. The molecule has 1 N–H and O–H groups in total. The lowest BCUT2D eigenvalue weighted by Gasteiger charge is -2.26. The maximum atomic E-state index is 12.3. The molecule has 1 saturated carbocycles. The summed E-state index contributed by atoms with van der Waals surface area (Å²) >= 11 is 1.75. The zero-order valence-electron chi connectivity index (χ0n) is 12.0. The van der Waals surface area contributed by atoms with E-state index in [0.29, 0.717) is 18.9 Å². The molecular formula is C16H23NO2S. The average molecular weight is 293 g/mol. The normalized spacial score (nSPS) is 29.9. The molecule has 4 heteroatoms. The molecule has 1 aliphatic carbocycles. The summed E-state index contributed by atoms with van der Waals surface area (Å²) in [5.74, 6) is 0.864. The summed E-state index contributed by atoms with van der Waals surface area (Å²) in [7, 11) is 0. The molecule has 2 unspecified atom stereocenters. The number of β-amino-alcohol motifs (C(OH)–C–C–N with tert-alkyl or cyclic N) is 1. The lowest BCUT2D eigenvalue weighted by molar-refractivity contribution is -0.131. The lowest BCUT2D eigenvalue weighted by Crippen LogP contribution is -2.40. The van der Waals surface area contributed by atoms with Crippen LogP contribution in [-0.2, 0) is 11.2 Å². The van der Waals surface area contributed by atoms with Gasteiger partial charge in [-0.15, -0.1) is 11.3 Å². The van der Waals surface area contributed by atoms with Gasteiger partial charge in [-0.1, -0.05) is 13.0 Å². The summed E-state index contributed by atoms with van der Waals surface area (Å²) in [5.41, 5.74) is -0.608. The van der Waals surface area contributed by atoms with Crippen LogP contribution in [0.25, 0.3) is 0 Å². The number of thiophene rings is 1. The Labute approximate surface area is 124 Å². The Hall–Kier alpha value is -0.870. The van der Waals surface area contributed by atoms with E-state index in [4.69, 9.17) is 0 Å². The highest BCUT2D eigenvalue weighted by Gasteiger charge is 2.53. The smallest absolute Gasteiger partial charge is 0.222 e. The summed E-state index contributed by atoms with van der Waals surface area (Å²) in [6, 6.07) is 4.18. The van der Waals surface area contributed by atoms with Gasteiger partial charge < -0.3 is 10.0 Å². The van der Waals surface area contributed by atoms with Crippen molar-refractivity contribution in [1.82, 2.24) is 4.90 Å². The number of carbonyl (C=O) groups is 1. The summed E-state index contributed by atoms with van der Waals surface area (Å²) in [4.78, 5) is 15.5. The quantitative estimate of drug-likeness (QED) is 0.907. The Morgan fingerprint density at radius 2 is 2.35 bits per heavy atom. The molecule has 20 heavy (non-hydrogen) atoms. The van der Waals surface area contributed by atoms with E-state index in [2.05, 4.69) is 24.4 Å². The van der Waals surface area contributed by atoms with Crippen molar-refractivity contribution < 1.29 is 9.90 Å². The van der Waals surface area contributed by atoms with Crippen LogP contribution in [0.4, 0.5) is 0 Å². The molecule has 2 heterocycles. The van der Waals surface area contributed by atoms with Crippen molar-refractivity contribution in [2.24, 2.45) is 11.8 Å². The second kappa shape index (κ2) is 5.49. The first-order chi connectivity index (χ1) is 9.59. The Morgan fingerprint density at radius 1 is 1.55 bits per heavy atom. The molecule has 2 atom stereocenters. The lowest BCUT2D eigenvalue weighted by atomic mass is 9.88. The van der Waals surface area contributed by atoms with Gasteiger partial charge >= 0.3 is 0 Å². The van der Waals surface area contributed by atoms with Crippen molar-refractivity contribution in [3.63, 3.8) is 0 Å². The highest BCUT2D eigenvalue weighted by molar-refractivity contribution is 7.09. The summed E-state index contributed by atoms with van der Waals surface area (Å²) in [6.07, 6.45) is 4.75. The predicted molar refractivity (Wildman–Crippen MR) is 80.7 cm³/mol. The minimum Gasteiger partial charge on any atom is -0.387 e. The molecule has 1 aliphatic heterocycles. The van der Waals surface area contributed by atoms with Gasteiger partial charge in [0, 0.05) is 30.3 Å². The second-order valence-electron chi connectivity index (χ2n) is 6.37. The summed E-state index contributed by atoms with van der Waals surface area (Å²) in [6.45, 7) is 3.36. The molecule has 0 bridgehead atoms. The standard InChI is InChI=1S/C16H23NO2S/c1-12-10-17(11-16(12,19)13-7-8-13)15(18)6-2-4-14-5-3-9-20-14/h3,5,9,12-13,19H,2,4,6-8,10-11H2,1H3. The minimum atomic E-state index is -0.608. The van der Waals surface area contributed by atoms with E-state index in [1.54, 1.807) is 11.3 Å². The van der Waals surface area contributed by atoms with Gasteiger partial charge in [-0.2, -0.15) is 0 Å². The zero-order valence-corrected chi connectivity index (χ0v) is 12.9. The molecule has 1 saturated heterocycles. The number of hydrogen-bond acceptors (Lipinski definition) is 3. The third-order valence-corrected chi connectivity index (χ3v) is 5.76. The largest absolute Gasteiger partial charge is 0.387 e. The van der Waals surface area contributed by atoms with E-state index in [1.807, 2.05) is 4.90 Å². The van der Waals surface area contributed by atoms with E-state index in [1.165, 1.54) is 4.88 Å². The molecular weight excluding hydrogens is 270 g/mol. The highest BCUT2D eigenvalue weighted by atomic mass is 32.1. The zero-order chi connectivity index (χ0) is 14.2. The molecule has 1 aromatic heterocycles. The van der Waals surface area contributed by atoms with Crippen molar-refractivity contribution in [3.8, 4) is 0 Å². The fourth-order valence-corrected chi connectivity index (χ4v) is 4.10. The van der Waals surface area contributed by atoms with E-state index in [9.17, 15) is 9.90 Å². The molecule has 3 nitrogen and oxygen atoms in total. The molecule has 0 spiro atoms. The third-order valence-electron chi connectivity index (χ3n) is 4.82. The maximum Gasteiger partial charge on any atom is 0.222 e. The Morgan fingerprint density at radius 3 is 3.00 bits per heavy atom. The topological polar surface area (TPSA) is 40.5 Å². The molecule has 3 rings (SSSR count). The molecule has 1 aromatic rings. The number of hydrogen-bond donors (Lipinski definition) is 1. The van der Waals surface area contributed by atoms with E-state index < -0.39 is 5.60 Å². The molecule has 0 aromatic carbocycles. The van der Waals surface area contributed by atoms with Crippen LogP contribution < -0.4 is 0 Å². The first kappa shape index (κ1) is 14.1. The van der Waals surface area contributed by atoms with Gasteiger partial charge in [-0.25, -0.2) is 0 Å². The Balaban J connectivity index is 1.48. The summed E-state index contributed by atoms with van der Waals surface area (Å²) < 4.78 is 0. The van der Waals surface area contributed by atoms with Gasteiger partial charge in [0.2, 0.25) is 5.91 Å². The Bertz CT molecular complexity index is 469. The van der Waals surface area contributed by atoms with Crippen molar-refractivity contribution in [3.05, 3.63) is 22.4 Å². The van der Waals surface area contributed by atoms with Crippen molar-refractivity contribution >= 4 is 17.2 Å². The van der Waals surface area contributed by atoms with Crippen molar-refractivity contribution in [1.29, 1.82) is 0 Å². The number of aryl methyl sites for hydroxylation is 1. The number of amides is 1. The molecule has 0 radical (unpaired) electrons. The second-order valence-corrected chi connectivity index (χ2v) is 7.41. The van der Waals surface area contributed by atoms with Crippen LogP contribution in [0.1, 0.15) is 37.5 Å². The van der Waals surface area contributed by atoms with Gasteiger partial charge in [-0.05, 0) is 43.0 Å². The van der Waals surface area contributed by atoms with Gasteiger partial charge in [-0.3, -0.25) is 4.79 Å². The highest BCUT2D eigenvalue weighted by Crippen LogP contribution is 2.47. The number of aliphatic hydroxyl groups is 1. The SMILES string of the molecule is CC1CN(C(=O)CCCc2cccs2)CC1(O)C1CC1. The van der Waals surface area contributed by atoms with Crippen molar-refractivity contribution in [2.75, 3.05) is 13.1 Å². The van der Waals surface area contributed by atoms with Crippen LogP contribution in [0.2, 0.25) is 0 Å². The van der Waals surface area contributed by atoms with Crippen LogP contribution in [0, 0.1) is 11.8 Å². The van der Waals surface area contributed by atoms with Gasteiger partial charge in [0.15, 0.2) is 0 Å². The fraction of sp³-hybridized carbons (Fsp3) is 0.688. The molecule has 2 aliphatic rings. The van der Waals surface area contributed by atoms with Crippen LogP contribution in [0.15, 0.2) is 17.5 Å². The first-order valence-corrected chi connectivity index (χ1v) is 8.50. The van der Waals surface area contributed by atoms with Gasteiger partial charge in [0.1, 0.15) is 0 Å². The van der Waals surface area contributed by atoms with Crippen molar-refractivity contribution in [2.45, 2.75) is 44.6 Å². The first-order valence-electron chi connectivity index (χ1n) is 7.62. The monoisotopic (exact) mass is 293 g/mol.